The van der Waals surface area contributed by atoms with E-state index in [1.807, 2.05) is 19.1 Å². The van der Waals surface area contributed by atoms with Gasteiger partial charge in [0.25, 0.3) is 0 Å². The zero-order chi connectivity index (χ0) is 14.5. The summed E-state index contributed by atoms with van der Waals surface area (Å²) in [5.41, 5.74) is 8.21. The van der Waals surface area contributed by atoms with Gasteiger partial charge in [-0.1, -0.05) is 51.2 Å². The fourth-order valence-electron chi connectivity index (χ4n) is 3.48. The topological polar surface area (TPSA) is 26.0 Å². The highest BCUT2D eigenvalue weighted by Crippen LogP contribution is 2.37. The summed E-state index contributed by atoms with van der Waals surface area (Å²) < 4.78 is 13.3. The van der Waals surface area contributed by atoms with Crippen molar-refractivity contribution in [2.45, 2.75) is 64.8 Å². The second-order valence-electron chi connectivity index (χ2n) is 6.46. The molecule has 0 aliphatic heterocycles. The van der Waals surface area contributed by atoms with Gasteiger partial charge in [-0.25, -0.2) is 4.39 Å². The Hall–Kier alpha value is -0.890. The van der Waals surface area contributed by atoms with Crippen LogP contribution in [0, 0.1) is 24.6 Å². The molecule has 0 heterocycles. The largest absolute Gasteiger partial charge is 0.324 e. The summed E-state index contributed by atoms with van der Waals surface area (Å²) in [7, 11) is 0. The van der Waals surface area contributed by atoms with E-state index in [1.54, 1.807) is 6.07 Å². The monoisotopic (exact) mass is 277 g/mol. The van der Waals surface area contributed by atoms with Gasteiger partial charge in [-0.2, -0.15) is 0 Å². The molecule has 2 heteroatoms. The van der Waals surface area contributed by atoms with Crippen molar-refractivity contribution in [3.8, 4) is 0 Å². The molecule has 0 amide bonds. The SMILES string of the molecule is CCCCC1CCC(C(N)c2ccc(F)c(C)c2)CC1. The molecule has 1 saturated carbocycles. The highest BCUT2D eigenvalue weighted by atomic mass is 19.1. The summed E-state index contributed by atoms with van der Waals surface area (Å²) in [6.07, 6.45) is 9.13. The maximum atomic E-state index is 13.3. The fraction of sp³-hybridized carbons (Fsp3) is 0.667. The Labute approximate surface area is 122 Å². The Kier molecular flexibility index (Phi) is 5.59. The molecule has 0 radical (unpaired) electrons. The molecule has 1 fully saturated rings. The number of halogens is 1. The number of aryl methyl sites for hydroxylation is 1. The molecule has 2 N–H and O–H groups in total. The molecular formula is C18H28FN. The van der Waals surface area contributed by atoms with Crippen molar-refractivity contribution in [1.29, 1.82) is 0 Å². The zero-order valence-electron chi connectivity index (χ0n) is 12.9. The third kappa shape index (κ3) is 3.82. The van der Waals surface area contributed by atoms with Crippen molar-refractivity contribution in [2.24, 2.45) is 17.6 Å². The van der Waals surface area contributed by atoms with Crippen LogP contribution in [0.4, 0.5) is 4.39 Å². The zero-order valence-corrected chi connectivity index (χ0v) is 12.9. The van der Waals surface area contributed by atoms with Crippen LogP contribution in [0.5, 0.6) is 0 Å². The van der Waals surface area contributed by atoms with Crippen molar-refractivity contribution in [3.05, 3.63) is 35.1 Å². The van der Waals surface area contributed by atoms with Gasteiger partial charge in [0, 0.05) is 6.04 Å². The highest BCUT2D eigenvalue weighted by molar-refractivity contribution is 5.26. The quantitative estimate of drug-likeness (QED) is 0.793. The minimum atomic E-state index is -0.135. The first-order chi connectivity index (χ1) is 9.61. The van der Waals surface area contributed by atoms with E-state index in [1.165, 1.54) is 44.9 Å². The molecule has 0 saturated heterocycles. The van der Waals surface area contributed by atoms with E-state index in [0.29, 0.717) is 11.5 Å². The smallest absolute Gasteiger partial charge is 0.126 e. The van der Waals surface area contributed by atoms with E-state index in [2.05, 4.69) is 6.92 Å². The lowest BCUT2D eigenvalue weighted by Crippen LogP contribution is -2.26. The van der Waals surface area contributed by atoms with Crippen LogP contribution in [0.25, 0.3) is 0 Å². The minimum Gasteiger partial charge on any atom is -0.324 e. The number of nitrogens with two attached hydrogens (primary N) is 1. The van der Waals surface area contributed by atoms with Crippen LogP contribution in [0.3, 0.4) is 0 Å². The number of benzene rings is 1. The summed E-state index contributed by atoms with van der Waals surface area (Å²) in [6.45, 7) is 4.08. The van der Waals surface area contributed by atoms with Gasteiger partial charge in [0.2, 0.25) is 0 Å². The summed E-state index contributed by atoms with van der Waals surface area (Å²) in [6, 6.07) is 5.40. The molecule has 1 unspecified atom stereocenters. The van der Waals surface area contributed by atoms with Gasteiger partial charge in [0.15, 0.2) is 0 Å². The minimum absolute atomic E-state index is 0.0708. The van der Waals surface area contributed by atoms with Gasteiger partial charge >= 0.3 is 0 Å². The predicted molar refractivity (Wildman–Crippen MR) is 83.0 cm³/mol. The maximum Gasteiger partial charge on any atom is 0.126 e. The van der Waals surface area contributed by atoms with Crippen molar-refractivity contribution in [1.82, 2.24) is 0 Å². The average molecular weight is 277 g/mol. The van der Waals surface area contributed by atoms with Gasteiger partial charge < -0.3 is 5.73 Å². The van der Waals surface area contributed by atoms with E-state index in [-0.39, 0.29) is 11.9 Å². The Morgan fingerprint density at radius 3 is 2.55 bits per heavy atom. The van der Waals surface area contributed by atoms with Gasteiger partial charge in [0.1, 0.15) is 5.82 Å². The average Bonchev–Trinajstić information content (AvgIpc) is 2.48. The summed E-state index contributed by atoms with van der Waals surface area (Å²) in [5.74, 6) is 1.34. The summed E-state index contributed by atoms with van der Waals surface area (Å²) >= 11 is 0. The van der Waals surface area contributed by atoms with Crippen LogP contribution in [-0.2, 0) is 0 Å². The second-order valence-corrected chi connectivity index (χ2v) is 6.46. The van der Waals surface area contributed by atoms with Crippen molar-refractivity contribution in [3.63, 3.8) is 0 Å². The van der Waals surface area contributed by atoms with Crippen LogP contribution in [-0.4, -0.2) is 0 Å². The molecule has 1 aliphatic rings. The molecule has 1 aromatic rings. The molecule has 1 nitrogen and oxygen atoms in total. The highest BCUT2D eigenvalue weighted by Gasteiger charge is 2.26. The lowest BCUT2D eigenvalue weighted by Gasteiger charge is -2.32. The molecule has 0 bridgehead atoms. The van der Waals surface area contributed by atoms with Crippen LogP contribution in [0.15, 0.2) is 18.2 Å². The van der Waals surface area contributed by atoms with E-state index < -0.39 is 0 Å². The van der Waals surface area contributed by atoms with E-state index >= 15 is 0 Å². The van der Waals surface area contributed by atoms with E-state index in [0.717, 1.165) is 11.5 Å². The number of hydrogen-bond acceptors (Lipinski definition) is 1. The third-order valence-electron chi connectivity index (χ3n) is 4.93. The Morgan fingerprint density at radius 2 is 1.95 bits per heavy atom. The number of rotatable bonds is 5. The molecular weight excluding hydrogens is 249 g/mol. The molecule has 1 atom stereocenters. The van der Waals surface area contributed by atoms with Gasteiger partial charge in [-0.15, -0.1) is 0 Å². The number of unbranched alkanes of at least 4 members (excludes halogenated alkanes) is 1. The van der Waals surface area contributed by atoms with Crippen molar-refractivity contribution >= 4 is 0 Å². The first-order valence-corrected chi connectivity index (χ1v) is 8.13. The Bertz CT molecular complexity index is 421. The first-order valence-electron chi connectivity index (χ1n) is 8.13. The first kappa shape index (κ1) is 15.5. The summed E-state index contributed by atoms with van der Waals surface area (Å²) in [4.78, 5) is 0. The van der Waals surface area contributed by atoms with E-state index in [9.17, 15) is 4.39 Å². The second kappa shape index (κ2) is 7.21. The van der Waals surface area contributed by atoms with Gasteiger partial charge in [-0.3, -0.25) is 0 Å². The molecule has 0 spiro atoms. The van der Waals surface area contributed by atoms with Crippen LogP contribution < -0.4 is 5.73 Å². The van der Waals surface area contributed by atoms with Gasteiger partial charge in [-0.05, 0) is 48.8 Å². The molecule has 20 heavy (non-hydrogen) atoms. The van der Waals surface area contributed by atoms with Crippen LogP contribution >= 0.6 is 0 Å². The molecule has 112 valence electrons. The number of hydrogen-bond donors (Lipinski definition) is 1. The standard InChI is InChI=1S/C18H28FN/c1-3-4-5-14-6-8-15(9-7-14)18(20)16-10-11-17(19)13(2)12-16/h10-12,14-15,18H,3-9,20H2,1-2H3. The Morgan fingerprint density at radius 1 is 1.25 bits per heavy atom. The third-order valence-corrected chi connectivity index (χ3v) is 4.93. The lowest BCUT2D eigenvalue weighted by molar-refractivity contribution is 0.232. The maximum absolute atomic E-state index is 13.3. The van der Waals surface area contributed by atoms with Gasteiger partial charge in [0.05, 0.1) is 0 Å². The van der Waals surface area contributed by atoms with Crippen LogP contribution in [0.2, 0.25) is 0 Å². The summed E-state index contributed by atoms with van der Waals surface area (Å²) in [5, 5.41) is 0. The van der Waals surface area contributed by atoms with Crippen molar-refractivity contribution < 1.29 is 4.39 Å². The van der Waals surface area contributed by atoms with Crippen molar-refractivity contribution in [2.75, 3.05) is 0 Å². The molecule has 1 aromatic carbocycles. The van der Waals surface area contributed by atoms with Crippen LogP contribution in [0.1, 0.15) is 69.0 Å². The molecule has 2 rings (SSSR count). The van der Waals surface area contributed by atoms with E-state index in [4.69, 9.17) is 5.73 Å². The Balaban J connectivity index is 1.91. The molecule has 0 aromatic heterocycles. The normalized spacial score (nSPS) is 24.6. The fourth-order valence-corrected chi connectivity index (χ4v) is 3.48. The lowest BCUT2D eigenvalue weighted by atomic mass is 9.75. The predicted octanol–water partition coefficient (Wildman–Crippen LogP) is 5.13. The molecule has 1 aliphatic carbocycles.